The van der Waals surface area contributed by atoms with Gasteiger partial charge in [0.05, 0.1) is 19.0 Å². The fraction of sp³-hybridized carbons (Fsp3) is 0.600. The van der Waals surface area contributed by atoms with E-state index in [1.807, 2.05) is 11.9 Å². The third kappa shape index (κ3) is 3.05. The minimum absolute atomic E-state index is 0.127. The monoisotopic (exact) mass is 302 g/mol. The van der Waals surface area contributed by atoms with E-state index in [9.17, 15) is 4.79 Å². The highest BCUT2D eigenvalue weighted by molar-refractivity contribution is 9.10. The highest BCUT2D eigenvalue weighted by atomic mass is 79.9. The van der Waals surface area contributed by atoms with Crippen LogP contribution in [0.4, 0.5) is 5.82 Å². The molecule has 0 aromatic carbocycles. The van der Waals surface area contributed by atoms with E-state index in [-0.39, 0.29) is 11.7 Å². The molecule has 6 nitrogen and oxygen atoms in total. The summed E-state index contributed by atoms with van der Waals surface area (Å²) in [6.07, 6.45) is 1.53. The van der Waals surface area contributed by atoms with Crippen molar-refractivity contribution in [1.82, 2.24) is 15.3 Å². The summed E-state index contributed by atoms with van der Waals surface area (Å²) in [5, 5.41) is 3.27. The molecule has 2 N–H and O–H groups in total. The summed E-state index contributed by atoms with van der Waals surface area (Å²) in [5.41, 5.74) is -0.176. The Morgan fingerprint density at radius 1 is 1.71 bits per heavy atom. The molecule has 1 fully saturated rings. The molecule has 1 saturated heterocycles. The Hall–Kier alpha value is -0.920. The topological polar surface area (TPSA) is 70.2 Å². The minimum Gasteiger partial charge on any atom is -0.374 e. The predicted molar refractivity (Wildman–Crippen MR) is 68.4 cm³/mol. The molecule has 1 atom stereocenters. The summed E-state index contributed by atoms with van der Waals surface area (Å²) in [6, 6.07) is 0. The zero-order valence-electron chi connectivity index (χ0n) is 9.57. The van der Waals surface area contributed by atoms with Crippen molar-refractivity contribution in [1.29, 1.82) is 0 Å². The van der Waals surface area contributed by atoms with Crippen LogP contribution in [0.15, 0.2) is 15.6 Å². The third-order valence-electron chi connectivity index (χ3n) is 2.62. The van der Waals surface area contributed by atoms with Crippen molar-refractivity contribution in [3.8, 4) is 0 Å². The van der Waals surface area contributed by atoms with Crippen molar-refractivity contribution in [2.45, 2.75) is 6.10 Å². The number of morpholine rings is 1. The van der Waals surface area contributed by atoms with Crippen LogP contribution in [0.5, 0.6) is 0 Å². The molecule has 0 saturated carbocycles. The van der Waals surface area contributed by atoms with Crippen molar-refractivity contribution >= 4 is 21.7 Å². The van der Waals surface area contributed by atoms with Crippen LogP contribution in [0.1, 0.15) is 0 Å². The maximum Gasteiger partial charge on any atom is 0.267 e. The number of halogens is 1. The molecule has 1 aromatic heterocycles. The van der Waals surface area contributed by atoms with Gasteiger partial charge >= 0.3 is 0 Å². The molecule has 94 valence electrons. The zero-order chi connectivity index (χ0) is 12.3. The molecule has 2 heterocycles. The molecule has 1 aromatic rings. The molecule has 0 spiro atoms. The summed E-state index contributed by atoms with van der Waals surface area (Å²) in [4.78, 5) is 20.0. The summed E-state index contributed by atoms with van der Waals surface area (Å²) in [7, 11) is 1.89. The quantitative estimate of drug-likeness (QED) is 0.820. The van der Waals surface area contributed by atoms with Gasteiger partial charge in [-0.2, -0.15) is 0 Å². The number of likely N-dealkylation sites (N-methyl/N-ethyl adjacent to an activating group) is 1. The van der Waals surface area contributed by atoms with Crippen LogP contribution in [0.25, 0.3) is 0 Å². The third-order valence-corrected chi connectivity index (χ3v) is 3.34. The first-order valence-electron chi connectivity index (χ1n) is 5.45. The Bertz CT molecular complexity index is 431. The van der Waals surface area contributed by atoms with E-state index in [4.69, 9.17) is 4.74 Å². The summed E-state index contributed by atoms with van der Waals surface area (Å²) in [6.45, 7) is 3.14. The second-order valence-electron chi connectivity index (χ2n) is 3.95. The lowest BCUT2D eigenvalue weighted by atomic mass is 10.3. The van der Waals surface area contributed by atoms with Crippen LogP contribution >= 0.6 is 15.9 Å². The number of hydrogen-bond donors (Lipinski definition) is 2. The second-order valence-corrected chi connectivity index (χ2v) is 4.74. The highest BCUT2D eigenvalue weighted by Crippen LogP contribution is 2.18. The Labute approximate surface area is 108 Å². The van der Waals surface area contributed by atoms with E-state index >= 15 is 0 Å². The number of ether oxygens (including phenoxy) is 1. The van der Waals surface area contributed by atoms with Gasteiger partial charge in [-0.25, -0.2) is 4.98 Å². The van der Waals surface area contributed by atoms with Crippen molar-refractivity contribution in [2.75, 3.05) is 38.2 Å². The van der Waals surface area contributed by atoms with Gasteiger partial charge in [0.1, 0.15) is 10.3 Å². The van der Waals surface area contributed by atoms with E-state index in [1.54, 1.807) is 0 Å². The lowest BCUT2D eigenvalue weighted by molar-refractivity contribution is 0.0339. The van der Waals surface area contributed by atoms with E-state index in [2.05, 4.69) is 31.2 Å². The average molecular weight is 303 g/mol. The SMILES string of the molecule is CN(CC1CNCCO1)c1nc[nH]c(=O)c1Br. The number of aromatic amines is 1. The number of hydrogen-bond acceptors (Lipinski definition) is 5. The van der Waals surface area contributed by atoms with Gasteiger partial charge in [0.15, 0.2) is 0 Å². The Balaban J connectivity index is 2.06. The highest BCUT2D eigenvalue weighted by Gasteiger charge is 2.18. The van der Waals surface area contributed by atoms with Gasteiger partial charge in [-0.3, -0.25) is 4.79 Å². The number of rotatable bonds is 3. The normalized spacial score (nSPS) is 20.2. The number of nitrogens with one attached hydrogen (secondary N) is 2. The fourth-order valence-corrected chi connectivity index (χ4v) is 2.29. The van der Waals surface area contributed by atoms with E-state index < -0.39 is 0 Å². The molecule has 1 aliphatic rings. The second kappa shape index (κ2) is 5.61. The molecule has 17 heavy (non-hydrogen) atoms. The molecule has 0 radical (unpaired) electrons. The Kier molecular flexibility index (Phi) is 4.14. The van der Waals surface area contributed by atoms with Crippen LogP contribution in [0, 0.1) is 0 Å². The van der Waals surface area contributed by atoms with E-state index in [0.717, 1.165) is 19.7 Å². The molecule has 1 unspecified atom stereocenters. The van der Waals surface area contributed by atoms with Gasteiger partial charge in [-0.05, 0) is 15.9 Å². The van der Waals surface area contributed by atoms with Crippen LogP contribution in [0.2, 0.25) is 0 Å². The lowest BCUT2D eigenvalue weighted by Crippen LogP contribution is -2.44. The smallest absolute Gasteiger partial charge is 0.267 e. The number of anilines is 1. The standard InChI is InChI=1S/C10H15BrN4O2/c1-15(5-7-4-12-2-3-17-7)9-8(11)10(16)14-6-13-9/h6-7,12H,2-5H2,1H3,(H,13,14,16). The Morgan fingerprint density at radius 3 is 3.24 bits per heavy atom. The van der Waals surface area contributed by atoms with Crippen molar-refractivity contribution in [3.63, 3.8) is 0 Å². The molecule has 0 aliphatic carbocycles. The lowest BCUT2D eigenvalue weighted by Gasteiger charge is -2.28. The predicted octanol–water partition coefficient (Wildman–Crippen LogP) is -0.0430. The van der Waals surface area contributed by atoms with Crippen molar-refractivity contribution in [2.24, 2.45) is 0 Å². The maximum atomic E-state index is 11.4. The summed E-state index contributed by atoms with van der Waals surface area (Å²) >= 11 is 3.24. The molecular formula is C10H15BrN4O2. The molecular weight excluding hydrogens is 288 g/mol. The van der Waals surface area contributed by atoms with E-state index in [0.29, 0.717) is 16.8 Å². The number of nitrogens with zero attached hydrogens (tertiary/aromatic N) is 2. The molecule has 0 bridgehead atoms. The molecule has 7 heteroatoms. The van der Waals surface area contributed by atoms with Gasteiger partial charge < -0.3 is 19.9 Å². The number of aromatic nitrogens is 2. The van der Waals surface area contributed by atoms with Crippen LogP contribution < -0.4 is 15.8 Å². The maximum absolute atomic E-state index is 11.4. The van der Waals surface area contributed by atoms with Crippen LogP contribution in [-0.4, -0.2) is 49.4 Å². The van der Waals surface area contributed by atoms with Gasteiger partial charge in [0.2, 0.25) is 0 Å². The first-order valence-corrected chi connectivity index (χ1v) is 6.24. The van der Waals surface area contributed by atoms with E-state index in [1.165, 1.54) is 6.33 Å². The Morgan fingerprint density at radius 2 is 2.53 bits per heavy atom. The largest absolute Gasteiger partial charge is 0.374 e. The fourth-order valence-electron chi connectivity index (χ4n) is 1.77. The van der Waals surface area contributed by atoms with Gasteiger partial charge in [-0.1, -0.05) is 0 Å². The molecule has 2 rings (SSSR count). The number of H-pyrrole nitrogens is 1. The van der Waals surface area contributed by atoms with Crippen molar-refractivity contribution < 1.29 is 4.74 Å². The average Bonchev–Trinajstić information content (AvgIpc) is 2.34. The minimum atomic E-state index is -0.176. The first kappa shape index (κ1) is 12.5. The van der Waals surface area contributed by atoms with Crippen LogP contribution in [0.3, 0.4) is 0 Å². The first-order chi connectivity index (χ1) is 8.18. The summed E-state index contributed by atoms with van der Waals surface area (Å²) < 4.78 is 6.06. The van der Waals surface area contributed by atoms with Crippen molar-refractivity contribution in [3.05, 3.63) is 21.2 Å². The molecule has 0 amide bonds. The summed E-state index contributed by atoms with van der Waals surface area (Å²) in [5.74, 6) is 0.628. The molecule has 1 aliphatic heterocycles. The van der Waals surface area contributed by atoms with Gasteiger partial charge in [0, 0.05) is 26.7 Å². The zero-order valence-corrected chi connectivity index (χ0v) is 11.2. The van der Waals surface area contributed by atoms with Crippen LogP contribution in [-0.2, 0) is 4.74 Å². The van der Waals surface area contributed by atoms with Gasteiger partial charge in [0.25, 0.3) is 5.56 Å². The van der Waals surface area contributed by atoms with Gasteiger partial charge in [-0.15, -0.1) is 0 Å².